The van der Waals surface area contributed by atoms with Gasteiger partial charge < -0.3 is 10.1 Å². The van der Waals surface area contributed by atoms with E-state index in [2.05, 4.69) is 11.9 Å². The molecule has 0 radical (unpaired) electrons. The molecule has 1 aromatic rings. The molecule has 0 aliphatic rings. The summed E-state index contributed by atoms with van der Waals surface area (Å²) < 4.78 is 5.28. The van der Waals surface area contributed by atoms with Gasteiger partial charge in [-0.25, -0.2) is 0 Å². The third-order valence-corrected chi connectivity index (χ3v) is 1.90. The molecule has 0 heterocycles. The van der Waals surface area contributed by atoms with Gasteiger partial charge in [0.2, 0.25) is 5.91 Å². The zero-order valence-corrected chi connectivity index (χ0v) is 9.17. The van der Waals surface area contributed by atoms with Gasteiger partial charge in [-0.15, -0.1) is 0 Å². The summed E-state index contributed by atoms with van der Waals surface area (Å²) in [5.74, 6) is 0.441. The van der Waals surface area contributed by atoms with Crippen LogP contribution in [-0.2, 0) is 4.79 Å². The van der Waals surface area contributed by atoms with E-state index >= 15 is 0 Å². The molecule has 0 aliphatic heterocycles. The van der Waals surface area contributed by atoms with Crippen molar-refractivity contribution in [3.63, 3.8) is 0 Å². The van der Waals surface area contributed by atoms with Crippen LogP contribution in [0.2, 0.25) is 5.02 Å². The largest absolute Gasteiger partial charge is 0.488 e. The van der Waals surface area contributed by atoms with E-state index in [-0.39, 0.29) is 5.91 Å². The van der Waals surface area contributed by atoms with Gasteiger partial charge in [0.15, 0.2) is 0 Å². The van der Waals surface area contributed by atoms with Crippen LogP contribution >= 0.6 is 11.6 Å². The lowest BCUT2D eigenvalue weighted by atomic mass is 10.3. The van der Waals surface area contributed by atoms with Crippen molar-refractivity contribution in [1.82, 2.24) is 0 Å². The van der Waals surface area contributed by atoms with Crippen molar-refractivity contribution in [3.05, 3.63) is 35.9 Å². The van der Waals surface area contributed by atoms with Crippen molar-refractivity contribution in [2.45, 2.75) is 6.92 Å². The number of benzene rings is 1. The zero-order chi connectivity index (χ0) is 11.3. The second kappa shape index (κ2) is 5.41. The number of hydrogen-bond acceptors (Lipinski definition) is 2. The number of hydrogen-bond donors (Lipinski definition) is 1. The number of carbonyl (C=O) groups is 1. The fraction of sp³-hybridized carbons (Fsp3) is 0.182. The van der Waals surface area contributed by atoms with E-state index in [0.29, 0.717) is 23.1 Å². The molecule has 80 valence electrons. The average molecular weight is 226 g/mol. The third-order valence-electron chi connectivity index (χ3n) is 1.61. The zero-order valence-electron chi connectivity index (χ0n) is 8.42. The Kier molecular flexibility index (Phi) is 4.18. The minimum Gasteiger partial charge on any atom is -0.488 e. The fourth-order valence-electron chi connectivity index (χ4n) is 1.05. The number of nitrogens with one attached hydrogen (secondary N) is 1. The molecule has 0 spiro atoms. The van der Waals surface area contributed by atoms with Crippen molar-refractivity contribution < 1.29 is 9.53 Å². The Balaban J connectivity index is 2.78. The lowest BCUT2D eigenvalue weighted by molar-refractivity contribution is -0.114. The van der Waals surface area contributed by atoms with Gasteiger partial charge in [0.1, 0.15) is 12.4 Å². The highest BCUT2D eigenvalue weighted by molar-refractivity contribution is 6.32. The molecule has 3 nitrogen and oxygen atoms in total. The van der Waals surface area contributed by atoms with Gasteiger partial charge in [-0.05, 0) is 18.2 Å². The Hall–Kier alpha value is -1.48. The van der Waals surface area contributed by atoms with Gasteiger partial charge >= 0.3 is 0 Å². The molecule has 0 aliphatic carbocycles. The first-order valence-electron chi connectivity index (χ1n) is 4.44. The van der Waals surface area contributed by atoms with E-state index in [1.807, 2.05) is 0 Å². The second-order valence-electron chi connectivity index (χ2n) is 2.93. The molecule has 15 heavy (non-hydrogen) atoms. The Labute approximate surface area is 93.7 Å². The summed E-state index contributed by atoms with van der Waals surface area (Å²) in [6.45, 7) is 5.38. The molecule has 0 saturated heterocycles. The predicted molar refractivity (Wildman–Crippen MR) is 61.4 cm³/mol. The Morgan fingerprint density at radius 3 is 2.93 bits per heavy atom. The van der Waals surface area contributed by atoms with Crippen LogP contribution in [0.15, 0.2) is 30.9 Å². The first kappa shape index (κ1) is 11.6. The van der Waals surface area contributed by atoms with Crippen molar-refractivity contribution in [1.29, 1.82) is 0 Å². The smallest absolute Gasteiger partial charge is 0.221 e. The lowest BCUT2D eigenvalue weighted by Gasteiger charge is -2.07. The molecule has 1 rings (SSSR count). The number of carbonyl (C=O) groups excluding carboxylic acids is 1. The van der Waals surface area contributed by atoms with E-state index in [9.17, 15) is 4.79 Å². The van der Waals surface area contributed by atoms with Crippen molar-refractivity contribution >= 4 is 23.2 Å². The third kappa shape index (κ3) is 3.64. The molecular weight excluding hydrogens is 214 g/mol. The first-order chi connectivity index (χ1) is 7.13. The molecular formula is C11H12ClNO2. The number of rotatable bonds is 4. The van der Waals surface area contributed by atoms with E-state index in [4.69, 9.17) is 16.3 Å². The summed E-state index contributed by atoms with van der Waals surface area (Å²) in [5.41, 5.74) is 0.651. The van der Waals surface area contributed by atoms with E-state index in [1.165, 1.54) is 6.92 Å². The summed E-state index contributed by atoms with van der Waals surface area (Å²) in [6.07, 6.45) is 1.64. The summed E-state index contributed by atoms with van der Waals surface area (Å²) in [6, 6.07) is 5.07. The maximum atomic E-state index is 10.8. The summed E-state index contributed by atoms with van der Waals surface area (Å²) >= 11 is 5.94. The van der Waals surface area contributed by atoms with Crippen molar-refractivity contribution in [3.8, 4) is 5.75 Å². The molecule has 4 heteroatoms. The monoisotopic (exact) mass is 225 g/mol. The first-order valence-corrected chi connectivity index (χ1v) is 4.82. The van der Waals surface area contributed by atoms with Crippen LogP contribution in [0.25, 0.3) is 0 Å². The molecule has 1 amide bonds. The van der Waals surface area contributed by atoms with Gasteiger partial charge in [-0.3, -0.25) is 4.79 Å². The minimum atomic E-state index is -0.133. The maximum absolute atomic E-state index is 10.8. The number of amides is 1. The van der Waals surface area contributed by atoms with Crippen LogP contribution in [0.1, 0.15) is 6.92 Å². The number of anilines is 1. The Bertz CT molecular complexity index is 377. The van der Waals surface area contributed by atoms with Gasteiger partial charge in [-0.1, -0.05) is 24.3 Å². The highest BCUT2D eigenvalue weighted by atomic mass is 35.5. The number of halogens is 1. The predicted octanol–water partition coefficient (Wildman–Crippen LogP) is 2.86. The molecule has 0 fully saturated rings. The highest BCUT2D eigenvalue weighted by Gasteiger charge is 2.03. The summed E-state index contributed by atoms with van der Waals surface area (Å²) in [4.78, 5) is 10.8. The van der Waals surface area contributed by atoms with Gasteiger partial charge in [0.05, 0.1) is 5.02 Å². The molecule has 1 N–H and O–H groups in total. The van der Waals surface area contributed by atoms with Crippen LogP contribution in [0, 0.1) is 0 Å². The fourth-order valence-corrected chi connectivity index (χ4v) is 1.28. The van der Waals surface area contributed by atoms with Crippen LogP contribution in [-0.4, -0.2) is 12.5 Å². The summed E-state index contributed by atoms with van der Waals surface area (Å²) in [5, 5.41) is 3.09. The van der Waals surface area contributed by atoms with Crippen LogP contribution in [0.3, 0.4) is 0 Å². The average Bonchev–Trinajstić information content (AvgIpc) is 2.15. The molecule has 0 bridgehead atoms. The van der Waals surface area contributed by atoms with E-state index in [0.717, 1.165) is 0 Å². The number of ether oxygens (including phenoxy) is 1. The van der Waals surface area contributed by atoms with Crippen LogP contribution in [0.5, 0.6) is 5.75 Å². The molecule has 0 aromatic heterocycles. The van der Waals surface area contributed by atoms with Crippen molar-refractivity contribution in [2.24, 2.45) is 0 Å². The minimum absolute atomic E-state index is 0.133. The van der Waals surface area contributed by atoms with Gasteiger partial charge in [0.25, 0.3) is 0 Å². The molecule has 0 atom stereocenters. The Morgan fingerprint density at radius 1 is 1.67 bits per heavy atom. The Morgan fingerprint density at radius 2 is 2.40 bits per heavy atom. The topological polar surface area (TPSA) is 38.3 Å². The standard InChI is InChI=1S/C11H12ClNO2/c1-3-6-15-11-5-4-9(7-10(11)12)13-8(2)14/h3-5,7H,1,6H2,2H3,(H,13,14). The lowest BCUT2D eigenvalue weighted by Crippen LogP contribution is -2.05. The summed E-state index contributed by atoms with van der Waals surface area (Å²) in [7, 11) is 0. The SMILES string of the molecule is C=CCOc1ccc(NC(C)=O)cc1Cl. The van der Waals surface area contributed by atoms with Gasteiger partial charge in [0, 0.05) is 12.6 Å². The highest BCUT2D eigenvalue weighted by Crippen LogP contribution is 2.27. The normalized spacial score (nSPS) is 9.47. The van der Waals surface area contributed by atoms with Gasteiger partial charge in [-0.2, -0.15) is 0 Å². The maximum Gasteiger partial charge on any atom is 0.221 e. The molecule has 0 saturated carbocycles. The quantitative estimate of drug-likeness (QED) is 0.801. The second-order valence-corrected chi connectivity index (χ2v) is 3.33. The van der Waals surface area contributed by atoms with Crippen molar-refractivity contribution in [2.75, 3.05) is 11.9 Å². The van der Waals surface area contributed by atoms with E-state index < -0.39 is 0 Å². The van der Waals surface area contributed by atoms with Crippen LogP contribution < -0.4 is 10.1 Å². The van der Waals surface area contributed by atoms with Crippen LogP contribution in [0.4, 0.5) is 5.69 Å². The molecule has 0 unspecified atom stereocenters. The molecule has 1 aromatic carbocycles. The van der Waals surface area contributed by atoms with E-state index in [1.54, 1.807) is 24.3 Å².